The Kier molecular flexibility index (Phi) is 2.91. The second-order valence-corrected chi connectivity index (χ2v) is 4.45. The average molecular weight is 267 g/mol. The number of ether oxygens (including phenoxy) is 1. The van der Waals surface area contributed by atoms with E-state index in [0.717, 1.165) is 5.52 Å². The number of hydrogen-bond donors (Lipinski definition) is 2. The standard InChI is InChI=1S/C16H13NO3/c1-20-15-8-4-7-13(18)16(15)12-9-14(19)10-5-2-3-6-11(10)17-12/h2-9,18H,1H3,(H,17,19). The highest BCUT2D eigenvalue weighted by Crippen LogP contribution is 2.36. The van der Waals surface area contributed by atoms with Gasteiger partial charge in [-0.15, -0.1) is 0 Å². The van der Waals surface area contributed by atoms with Gasteiger partial charge in [0, 0.05) is 17.0 Å². The van der Waals surface area contributed by atoms with Crippen molar-refractivity contribution in [3.05, 3.63) is 58.8 Å². The highest BCUT2D eigenvalue weighted by Gasteiger charge is 2.13. The van der Waals surface area contributed by atoms with Crippen LogP contribution in [0, 0.1) is 0 Å². The van der Waals surface area contributed by atoms with Crippen LogP contribution in [0.1, 0.15) is 0 Å². The molecule has 0 aliphatic heterocycles. The number of aromatic nitrogens is 1. The second kappa shape index (κ2) is 4.74. The molecule has 0 amide bonds. The van der Waals surface area contributed by atoms with Gasteiger partial charge in [-0.05, 0) is 24.3 Å². The number of benzene rings is 2. The van der Waals surface area contributed by atoms with Gasteiger partial charge in [0.15, 0.2) is 5.43 Å². The fourth-order valence-corrected chi connectivity index (χ4v) is 2.29. The van der Waals surface area contributed by atoms with Gasteiger partial charge in [0.25, 0.3) is 0 Å². The number of rotatable bonds is 2. The topological polar surface area (TPSA) is 62.3 Å². The molecule has 4 heteroatoms. The van der Waals surface area contributed by atoms with Crippen LogP contribution in [0.3, 0.4) is 0 Å². The molecule has 3 rings (SSSR count). The number of methoxy groups -OCH3 is 1. The molecular weight excluding hydrogens is 254 g/mol. The van der Waals surface area contributed by atoms with Crippen molar-refractivity contribution in [2.45, 2.75) is 0 Å². The minimum Gasteiger partial charge on any atom is -0.507 e. The van der Waals surface area contributed by atoms with Crippen LogP contribution in [-0.4, -0.2) is 17.2 Å². The Bertz CT molecular complexity index is 836. The number of fused-ring (bicyclic) bond motifs is 1. The van der Waals surface area contributed by atoms with Crippen LogP contribution >= 0.6 is 0 Å². The molecule has 2 N–H and O–H groups in total. The third-order valence-electron chi connectivity index (χ3n) is 3.23. The summed E-state index contributed by atoms with van der Waals surface area (Å²) in [6.45, 7) is 0. The Labute approximate surface area is 115 Å². The first-order chi connectivity index (χ1) is 9.70. The Hall–Kier alpha value is -2.75. The van der Waals surface area contributed by atoms with Crippen LogP contribution in [-0.2, 0) is 0 Å². The average Bonchev–Trinajstić information content (AvgIpc) is 2.46. The zero-order chi connectivity index (χ0) is 14.1. The molecule has 100 valence electrons. The quantitative estimate of drug-likeness (QED) is 0.750. The Morgan fingerprint density at radius 3 is 2.70 bits per heavy atom. The third-order valence-corrected chi connectivity index (χ3v) is 3.23. The maximum Gasteiger partial charge on any atom is 0.190 e. The number of pyridine rings is 1. The van der Waals surface area contributed by atoms with E-state index in [9.17, 15) is 9.90 Å². The predicted molar refractivity (Wildman–Crippen MR) is 78.2 cm³/mol. The number of aromatic amines is 1. The summed E-state index contributed by atoms with van der Waals surface area (Å²) in [6, 6.07) is 13.7. The number of aromatic hydroxyl groups is 1. The van der Waals surface area contributed by atoms with E-state index >= 15 is 0 Å². The summed E-state index contributed by atoms with van der Waals surface area (Å²) in [5.74, 6) is 0.575. The number of phenols is 1. The summed E-state index contributed by atoms with van der Waals surface area (Å²) in [6.07, 6.45) is 0. The van der Waals surface area contributed by atoms with Crippen LogP contribution in [0.5, 0.6) is 11.5 Å². The van der Waals surface area contributed by atoms with Gasteiger partial charge in [0.1, 0.15) is 11.5 Å². The highest BCUT2D eigenvalue weighted by molar-refractivity contribution is 5.83. The molecule has 0 bridgehead atoms. The number of nitrogens with one attached hydrogen (secondary N) is 1. The molecule has 0 radical (unpaired) electrons. The summed E-state index contributed by atoms with van der Waals surface area (Å²) >= 11 is 0. The molecule has 0 saturated carbocycles. The van der Waals surface area contributed by atoms with Gasteiger partial charge in [-0.25, -0.2) is 0 Å². The fraction of sp³-hybridized carbons (Fsp3) is 0.0625. The van der Waals surface area contributed by atoms with Crippen molar-refractivity contribution in [3.63, 3.8) is 0 Å². The Balaban J connectivity index is 2.33. The zero-order valence-corrected chi connectivity index (χ0v) is 10.9. The van der Waals surface area contributed by atoms with Crippen LogP contribution in [0.25, 0.3) is 22.2 Å². The van der Waals surface area contributed by atoms with Gasteiger partial charge in [0.2, 0.25) is 0 Å². The number of phenolic OH excluding ortho intramolecular Hbond substituents is 1. The predicted octanol–water partition coefficient (Wildman–Crippen LogP) is 2.91. The van der Waals surface area contributed by atoms with E-state index in [0.29, 0.717) is 22.4 Å². The highest BCUT2D eigenvalue weighted by atomic mass is 16.5. The van der Waals surface area contributed by atoms with Crippen molar-refractivity contribution in [2.24, 2.45) is 0 Å². The van der Waals surface area contributed by atoms with Gasteiger partial charge in [0.05, 0.1) is 18.4 Å². The molecule has 0 aliphatic carbocycles. The van der Waals surface area contributed by atoms with Crippen molar-refractivity contribution >= 4 is 10.9 Å². The molecule has 4 nitrogen and oxygen atoms in total. The summed E-state index contributed by atoms with van der Waals surface area (Å²) in [7, 11) is 1.53. The van der Waals surface area contributed by atoms with E-state index in [1.54, 1.807) is 24.3 Å². The van der Waals surface area contributed by atoms with Gasteiger partial charge in [-0.2, -0.15) is 0 Å². The van der Waals surface area contributed by atoms with E-state index in [-0.39, 0.29) is 11.2 Å². The smallest absolute Gasteiger partial charge is 0.190 e. The second-order valence-electron chi connectivity index (χ2n) is 4.45. The van der Waals surface area contributed by atoms with Crippen molar-refractivity contribution in [1.29, 1.82) is 0 Å². The summed E-state index contributed by atoms with van der Waals surface area (Å²) < 4.78 is 5.25. The number of para-hydroxylation sites is 1. The summed E-state index contributed by atoms with van der Waals surface area (Å²) in [5, 5.41) is 10.7. The first-order valence-electron chi connectivity index (χ1n) is 6.19. The molecular formula is C16H13NO3. The van der Waals surface area contributed by atoms with Crippen molar-refractivity contribution < 1.29 is 9.84 Å². The first-order valence-corrected chi connectivity index (χ1v) is 6.19. The molecule has 0 saturated heterocycles. The molecule has 0 spiro atoms. The molecule has 0 fully saturated rings. The first kappa shape index (κ1) is 12.3. The van der Waals surface area contributed by atoms with E-state index in [1.807, 2.05) is 18.2 Å². The SMILES string of the molecule is COc1cccc(O)c1-c1cc(=O)c2ccccc2[nH]1. The molecule has 0 aliphatic rings. The maximum atomic E-state index is 12.1. The molecule has 2 aromatic carbocycles. The van der Waals surface area contributed by atoms with Crippen LogP contribution < -0.4 is 10.2 Å². The molecule has 0 atom stereocenters. The largest absolute Gasteiger partial charge is 0.507 e. The lowest BCUT2D eigenvalue weighted by molar-refractivity contribution is 0.410. The lowest BCUT2D eigenvalue weighted by Crippen LogP contribution is -2.03. The minimum absolute atomic E-state index is 0.0651. The van der Waals surface area contributed by atoms with Gasteiger partial charge in [-0.3, -0.25) is 4.79 Å². The summed E-state index contributed by atoms with van der Waals surface area (Å²) in [5.41, 5.74) is 1.64. The zero-order valence-electron chi connectivity index (χ0n) is 10.9. The van der Waals surface area contributed by atoms with Crippen LogP contribution in [0.4, 0.5) is 0 Å². The maximum absolute atomic E-state index is 12.1. The number of hydrogen-bond acceptors (Lipinski definition) is 3. The van der Waals surface area contributed by atoms with Crippen molar-refractivity contribution in [1.82, 2.24) is 4.98 Å². The molecule has 1 heterocycles. The van der Waals surface area contributed by atoms with E-state index < -0.39 is 0 Å². The lowest BCUT2D eigenvalue weighted by atomic mass is 10.1. The van der Waals surface area contributed by atoms with Crippen molar-refractivity contribution in [3.8, 4) is 22.8 Å². The van der Waals surface area contributed by atoms with Crippen molar-refractivity contribution in [2.75, 3.05) is 7.11 Å². The molecule has 1 aromatic heterocycles. The Morgan fingerprint density at radius 1 is 1.10 bits per heavy atom. The van der Waals surface area contributed by atoms with Gasteiger partial charge < -0.3 is 14.8 Å². The van der Waals surface area contributed by atoms with E-state index in [2.05, 4.69) is 4.98 Å². The van der Waals surface area contributed by atoms with Crippen LogP contribution in [0.2, 0.25) is 0 Å². The lowest BCUT2D eigenvalue weighted by Gasteiger charge is -2.11. The third kappa shape index (κ3) is 1.91. The van der Waals surface area contributed by atoms with Gasteiger partial charge in [-0.1, -0.05) is 18.2 Å². The Morgan fingerprint density at radius 2 is 1.90 bits per heavy atom. The van der Waals surface area contributed by atoms with Crippen LogP contribution in [0.15, 0.2) is 53.3 Å². The monoisotopic (exact) mass is 267 g/mol. The molecule has 3 aromatic rings. The molecule has 0 unspecified atom stereocenters. The fourth-order valence-electron chi connectivity index (χ4n) is 2.29. The van der Waals surface area contributed by atoms with Gasteiger partial charge >= 0.3 is 0 Å². The normalized spacial score (nSPS) is 10.7. The molecule has 20 heavy (non-hydrogen) atoms. The van der Waals surface area contributed by atoms with E-state index in [4.69, 9.17) is 4.74 Å². The van der Waals surface area contributed by atoms with E-state index in [1.165, 1.54) is 13.2 Å². The summed E-state index contributed by atoms with van der Waals surface area (Å²) in [4.78, 5) is 15.3. The minimum atomic E-state index is -0.0975. The number of H-pyrrole nitrogens is 1.